The largest absolute Gasteiger partial charge is 5.00 e. The molecule has 0 aromatic heterocycles. The first-order valence-electron chi connectivity index (χ1n) is 0. The fourth-order valence-corrected chi connectivity index (χ4v) is 0. The van der Waals surface area contributed by atoms with Gasteiger partial charge in [-0.1, -0.05) is 0 Å². The topological polar surface area (TPSA) is 0 Å². The molecule has 0 saturated heterocycles. The van der Waals surface area contributed by atoms with Gasteiger partial charge < -0.3 is 13.5 Å². The summed E-state index contributed by atoms with van der Waals surface area (Å²) in [6.07, 6.45) is 0. The van der Waals surface area contributed by atoms with Gasteiger partial charge in [-0.2, -0.15) is 0 Å². The maximum Gasteiger partial charge on any atom is 5.00 e. The zero-order valence-electron chi connectivity index (χ0n) is 1.53. The van der Waals surface area contributed by atoms with Crippen LogP contribution in [0.1, 0.15) is 0 Å². The molecule has 0 atom stereocenters. The van der Waals surface area contributed by atoms with Crippen molar-refractivity contribution in [3.8, 4) is 0 Å². The van der Waals surface area contributed by atoms with Crippen LogP contribution in [0.5, 0.6) is 0 Å². The molecule has 0 aromatic rings. The minimum Gasteiger partial charge on any atom is -2.00 e. The number of hydrogen-bond donors (Lipinski definition) is 0. The van der Waals surface area contributed by atoms with Gasteiger partial charge in [0.2, 0.25) is 0 Å². The van der Waals surface area contributed by atoms with Gasteiger partial charge >= 0.3 is 52.1 Å². The van der Waals surface area contributed by atoms with Crippen molar-refractivity contribution in [1.82, 2.24) is 0 Å². The number of rotatable bonds is 0. The molecule has 0 aliphatic rings. The molecule has 0 rings (SSSR count). The van der Waals surface area contributed by atoms with Crippen LogP contribution in [0, 0.1) is 0 Å². The Morgan fingerprint density at radius 1 is 1.00 bits per heavy atom. The summed E-state index contributed by atoms with van der Waals surface area (Å²) in [6, 6.07) is 0. The van der Waals surface area contributed by atoms with E-state index in [-0.39, 0.29) is 65.6 Å². The van der Waals surface area contributed by atoms with Crippen LogP contribution in [-0.2, 0) is 65.6 Å². The van der Waals surface area contributed by atoms with Gasteiger partial charge in [-0.25, -0.2) is 0 Å². The summed E-state index contributed by atoms with van der Waals surface area (Å²) in [5, 5.41) is 0. The Balaban J connectivity index is 0. The van der Waals surface area contributed by atoms with E-state index in [0.29, 0.717) is 0 Å². The zero-order valence-corrected chi connectivity index (χ0v) is 5.83. The van der Waals surface area contributed by atoms with E-state index in [2.05, 4.69) is 0 Å². The normalized spacial score (nSPS) is 0. The molecule has 0 aliphatic carbocycles. The minimum absolute atomic E-state index is 0. The summed E-state index contributed by atoms with van der Waals surface area (Å²) >= 11 is 0. The zero-order chi connectivity index (χ0) is 0. The second-order valence-corrected chi connectivity index (χ2v) is 0. The second kappa shape index (κ2) is 20.3. The second-order valence-electron chi connectivity index (χ2n) is 0. The fourth-order valence-electron chi connectivity index (χ4n) is 0. The summed E-state index contributed by atoms with van der Waals surface area (Å²) in [6.45, 7) is 0. The third kappa shape index (κ3) is 9.04. The van der Waals surface area contributed by atoms with E-state index in [0.717, 1.165) is 0 Å². The molecule has 4 heavy (non-hydrogen) atoms. The van der Waals surface area contributed by atoms with E-state index in [1.165, 1.54) is 0 Å². The van der Waals surface area contributed by atoms with E-state index in [1.54, 1.807) is 0 Å². The van der Waals surface area contributed by atoms with E-state index in [4.69, 9.17) is 0 Å². The standard InChI is InChI=1S/Fe.Ni.S.V/q2*+2;-2;+5. The third-order valence-corrected chi connectivity index (χ3v) is 0. The van der Waals surface area contributed by atoms with Gasteiger partial charge in [0.1, 0.15) is 0 Å². The van der Waals surface area contributed by atoms with E-state index < -0.39 is 0 Å². The molecule has 0 unspecified atom stereocenters. The third-order valence-electron chi connectivity index (χ3n) is 0. The van der Waals surface area contributed by atoms with E-state index in [1.807, 2.05) is 0 Å². The SMILES string of the molecule is [Fe+2].[Ni+2].[S-2].[V+5]. The first kappa shape index (κ1) is 38.4. The first-order chi connectivity index (χ1) is 0. The maximum absolute atomic E-state index is 0. The van der Waals surface area contributed by atoms with Gasteiger partial charge in [-0.3, -0.25) is 0 Å². The van der Waals surface area contributed by atoms with Crippen molar-refractivity contribution in [2.75, 3.05) is 0 Å². The molecule has 0 radical (unpaired) electrons. The molecule has 0 heterocycles. The molecule has 0 amide bonds. The quantitative estimate of drug-likeness (QED) is 0.479. The average molecular weight is 198 g/mol. The molecule has 4 heteroatoms. The average Bonchev–Trinajstić information content (AvgIpc) is 0. The smallest absolute Gasteiger partial charge is 2.00 e. The molecular formula is FeNiSV+7. The Morgan fingerprint density at radius 2 is 1.00 bits per heavy atom. The molecule has 0 spiro atoms. The Morgan fingerprint density at radius 3 is 1.00 bits per heavy atom. The summed E-state index contributed by atoms with van der Waals surface area (Å²) < 4.78 is 0. The number of hydrogen-bond acceptors (Lipinski definition) is 0. The van der Waals surface area contributed by atoms with Crippen molar-refractivity contribution in [2.45, 2.75) is 0 Å². The van der Waals surface area contributed by atoms with E-state index in [9.17, 15) is 0 Å². The molecule has 0 fully saturated rings. The summed E-state index contributed by atoms with van der Waals surface area (Å²) in [5.74, 6) is 0. The fraction of sp³-hybridized carbons (Fsp3) is 0. The molecule has 0 saturated carbocycles. The van der Waals surface area contributed by atoms with Gasteiger partial charge in [0.05, 0.1) is 0 Å². The Hall–Kier alpha value is 1.95. The van der Waals surface area contributed by atoms with Crippen molar-refractivity contribution in [3.05, 3.63) is 0 Å². The van der Waals surface area contributed by atoms with Crippen LogP contribution < -0.4 is 0 Å². The Bertz CT molecular complexity index is 8.00. The van der Waals surface area contributed by atoms with Crippen LogP contribution in [0.4, 0.5) is 0 Å². The van der Waals surface area contributed by atoms with Gasteiger partial charge in [-0.15, -0.1) is 0 Å². The predicted octanol–water partition coefficient (Wildman–Crippen LogP) is -0.00990. The van der Waals surface area contributed by atoms with E-state index >= 15 is 0 Å². The molecule has 0 aromatic carbocycles. The van der Waals surface area contributed by atoms with Crippen LogP contribution in [0.15, 0.2) is 0 Å². The molecule has 0 nitrogen and oxygen atoms in total. The van der Waals surface area contributed by atoms with Gasteiger partial charge in [0.15, 0.2) is 0 Å². The molecule has 0 bridgehead atoms. The molecule has 0 aliphatic heterocycles. The maximum atomic E-state index is 0. The molecular weight excluding hydrogens is 198 g/mol. The summed E-state index contributed by atoms with van der Waals surface area (Å²) in [7, 11) is 0. The monoisotopic (exact) mass is 197 g/mol. The summed E-state index contributed by atoms with van der Waals surface area (Å²) in [5.41, 5.74) is 0. The molecule has 0 N–H and O–H groups in total. The van der Waals surface area contributed by atoms with Crippen LogP contribution in [-0.4, -0.2) is 0 Å². The van der Waals surface area contributed by atoms with Crippen LogP contribution >= 0.6 is 0 Å². The predicted molar refractivity (Wildman–Crippen MR) is 7.37 cm³/mol. The van der Waals surface area contributed by atoms with Crippen LogP contribution in [0.2, 0.25) is 0 Å². The molecule has 22 valence electrons. The van der Waals surface area contributed by atoms with Gasteiger partial charge in [0.25, 0.3) is 0 Å². The summed E-state index contributed by atoms with van der Waals surface area (Å²) in [4.78, 5) is 0. The van der Waals surface area contributed by atoms with Crippen molar-refractivity contribution >= 4 is 13.5 Å². The Kier molecular flexibility index (Phi) is 195. The van der Waals surface area contributed by atoms with Crippen LogP contribution in [0.25, 0.3) is 0 Å². The van der Waals surface area contributed by atoms with Crippen LogP contribution in [0.3, 0.4) is 0 Å². The van der Waals surface area contributed by atoms with Crippen molar-refractivity contribution in [2.24, 2.45) is 0 Å². The first-order valence-corrected chi connectivity index (χ1v) is 0. The van der Waals surface area contributed by atoms with Gasteiger partial charge in [0, 0.05) is 0 Å². The Labute approximate surface area is 65.2 Å². The van der Waals surface area contributed by atoms with Crippen molar-refractivity contribution in [1.29, 1.82) is 0 Å². The van der Waals surface area contributed by atoms with Crippen molar-refractivity contribution in [3.63, 3.8) is 0 Å². The van der Waals surface area contributed by atoms with Crippen molar-refractivity contribution < 1.29 is 52.1 Å². The minimum atomic E-state index is 0. The van der Waals surface area contributed by atoms with Gasteiger partial charge in [-0.05, 0) is 0 Å².